The largest absolute Gasteiger partial charge is 1.00 e. The van der Waals surface area contributed by atoms with Crippen molar-refractivity contribution in [1.82, 2.24) is 0 Å². The van der Waals surface area contributed by atoms with E-state index >= 15 is 0 Å². The average molecular weight is 284 g/mol. The van der Waals surface area contributed by atoms with E-state index in [1.54, 1.807) is 0 Å². The van der Waals surface area contributed by atoms with Gasteiger partial charge in [0.15, 0.2) is 0 Å². The summed E-state index contributed by atoms with van der Waals surface area (Å²) in [7, 11) is 0. The SMILES string of the molecule is CC(N)(N)C(=O)[O-].CC(N)(N)C(=O)[O-].[K+].[K+]. The zero-order chi connectivity index (χ0) is 12.2. The first kappa shape index (κ1) is 26.6. The maximum absolute atomic E-state index is 9.66. The molecule has 0 rings (SSSR count). The standard InChI is InChI=1S/2C3H8N2O2.2K/c2*1-3(4,5)2(6)7;;/h2*4-5H2,1H3,(H,6,7);;/q;;2*+1/p-2. The number of hydrogen-bond acceptors (Lipinski definition) is 8. The molecule has 0 bridgehead atoms. The Bertz CT molecular complexity index is 200. The van der Waals surface area contributed by atoms with E-state index in [4.69, 9.17) is 22.9 Å². The van der Waals surface area contributed by atoms with Crippen molar-refractivity contribution < 1.29 is 123 Å². The van der Waals surface area contributed by atoms with Crippen LogP contribution < -0.4 is 136 Å². The summed E-state index contributed by atoms with van der Waals surface area (Å²) >= 11 is 0. The summed E-state index contributed by atoms with van der Waals surface area (Å²) in [6.07, 6.45) is 0. The summed E-state index contributed by atoms with van der Waals surface area (Å²) in [5, 5.41) is 19.3. The van der Waals surface area contributed by atoms with Gasteiger partial charge in [-0.25, -0.2) is 0 Å². The van der Waals surface area contributed by atoms with Crippen molar-refractivity contribution >= 4 is 11.9 Å². The van der Waals surface area contributed by atoms with E-state index in [0.29, 0.717) is 0 Å². The van der Waals surface area contributed by atoms with Crippen molar-refractivity contribution in [3.05, 3.63) is 0 Å². The van der Waals surface area contributed by atoms with E-state index < -0.39 is 23.3 Å². The predicted molar refractivity (Wildman–Crippen MR) is 43.6 cm³/mol. The first-order valence-corrected chi connectivity index (χ1v) is 3.47. The molecule has 0 unspecified atom stereocenters. The fourth-order valence-corrected chi connectivity index (χ4v) is 0. The molecule has 0 aromatic carbocycles. The van der Waals surface area contributed by atoms with Crippen molar-refractivity contribution in [2.45, 2.75) is 25.2 Å². The van der Waals surface area contributed by atoms with Gasteiger partial charge < -0.3 is 42.7 Å². The van der Waals surface area contributed by atoms with E-state index in [-0.39, 0.29) is 103 Å². The van der Waals surface area contributed by atoms with Crippen LogP contribution in [0.5, 0.6) is 0 Å². The molecule has 0 spiro atoms. The van der Waals surface area contributed by atoms with Crippen LogP contribution in [0.15, 0.2) is 0 Å². The first-order valence-electron chi connectivity index (χ1n) is 3.47. The molecule has 0 atom stereocenters. The minimum absolute atomic E-state index is 0. The average Bonchev–Trinajstić information content (AvgIpc) is 1.83. The van der Waals surface area contributed by atoms with Crippen molar-refractivity contribution in [3.8, 4) is 0 Å². The molecule has 10 heteroatoms. The van der Waals surface area contributed by atoms with Gasteiger partial charge in [0, 0.05) is 0 Å². The van der Waals surface area contributed by atoms with Crippen molar-refractivity contribution in [2.75, 3.05) is 0 Å². The summed E-state index contributed by atoms with van der Waals surface area (Å²) in [6, 6.07) is 0. The Hall–Kier alpha value is 2.05. The number of carboxylic acid groups (broad SMARTS) is 2. The van der Waals surface area contributed by atoms with E-state index in [2.05, 4.69) is 0 Å². The van der Waals surface area contributed by atoms with Crippen molar-refractivity contribution in [2.24, 2.45) is 22.9 Å². The number of carbonyl (C=O) groups is 2. The van der Waals surface area contributed by atoms with E-state index in [0.717, 1.165) is 13.8 Å². The third kappa shape index (κ3) is 18.4. The van der Waals surface area contributed by atoms with Crippen LogP contribution in [0.2, 0.25) is 0 Å². The van der Waals surface area contributed by atoms with Gasteiger partial charge in [-0.3, -0.25) is 0 Å². The van der Waals surface area contributed by atoms with Gasteiger partial charge in [-0.15, -0.1) is 0 Å². The number of nitrogens with two attached hydrogens (primary N) is 4. The molecule has 0 aromatic heterocycles. The number of carboxylic acids is 2. The molecule has 84 valence electrons. The molecule has 0 amide bonds. The Balaban J connectivity index is -0.0000000800. The maximum atomic E-state index is 9.66. The monoisotopic (exact) mass is 284 g/mol. The van der Waals surface area contributed by atoms with Gasteiger partial charge in [-0.05, 0) is 13.8 Å². The topological polar surface area (TPSA) is 184 Å². The van der Waals surface area contributed by atoms with E-state index in [1.807, 2.05) is 0 Å². The van der Waals surface area contributed by atoms with Gasteiger partial charge in [0.25, 0.3) is 0 Å². The number of carbonyl (C=O) groups excluding carboxylic acids is 2. The summed E-state index contributed by atoms with van der Waals surface area (Å²) in [5.74, 6) is -2.90. The molecule has 0 aliphatic carbocycles. The Morgan fingerprint density at radius 2 is 0.875 bits per heavy atom. The van der Waals surface area contributed by atoms with Crippen LogP contribution in [-0.2, 0) is 9.59 Å². The summed E-state index contributed by atoms with van der Waals surface area (Å²) in [5.41, 5.74) is 15.8. The van der Waals surface area contributed by atoms with Crippen LogP contribution in [0.1, 0.15) is 13.8 Å². The summed E-state index contributed by atoms with van der Waals surface area (Å²) in [6.45, 7) is 2.31. The molecule has 8 N–H and O–H groups in total. The minimum atomic E-state index is -1.69. The zero-order valence-electron chi connectivity index (χ0n) is 9.94. The van der Waals surface area contributed by atoms with Gasteiger partial charge in [0.05, 0.1) is 11.9 Å². The molecule has 8 nitrogen and oxygen atoms in total. The molecular weight excluding hydrogens is 270 g/mol. The van der Waals surface area contributed by atoms with Gasteiger partial charge in [0.2, 0.25) is 0 Å². The van der Waals surface area contributed by atoms with Gasteiger partial charge in [0.1, 0.15) is 11.3 Å². The van der Waals surface area contributed by atoms with Crippen LogP contribution in [0.4, 0.5) is 0 Å². The second kappa shape index (κ2) is 10.9. The second-order valence-corrected chi connectivity index (χ2v) is 3.14. The summed E-state index contributed by atoms with van der Waals surface area (Å²) < 4.78 is 0. The molecular formula is C6H14K2N4O4. The Kier molecular flexibility index (Phi) is 18.2. The third-order valence-electron chi connectivity index (χ3n) is 0.880. The number of rotatable bonds is 2. The fourth-order valence-electron chi connectivity index (χ4n) is 0. The van der Waals surface area contributed by atoms with Crippen LogP contribution in [-0.4, -0.2) is 23.3 Å². The van der Waals surface area contributed by atoms with Gasteiger partial charge >= 0.3 is 103 Å². The van der Waals surface area contributed by atoms with E-state index in [1.165, 1.54) is 0 Å². The smallest absolute Gasteiger partial charge is 0.547 e. The second-order valence-electron chi connectivity index (χ2n) is 3.14. The molecule has 0 radical (unpaired) electrons. The van der Waals surface area contributed by atoms with Crippen LogP contribution in [0.25, 0.3) is 0 Å². The molecule has 0 aliphatic rings. The quantitative estimate of drug-likeness (QED) is 0.284. The number of aliphatic carboxylic acids is 2. The van der Waals surface area contributed by atoms with Crippen molar-refractivity contribution in [3.63, 3.8) is 0 Å². The maximum Gasteiger partial charge on any atom is 1.00 e. The molecule has 0 saturated carbocycles. The van der Waals surface area contributed by atoms with E-state index in [9.17, 15) is 19.8 Å². The third-order valence-corrected chi connectivity index (χ3v) is 0.880. The number of hydrogen-bond donors (Lipinski definition) is 4. The normalized spacial score (nSPS) is 9.88. The Morgan fingerprint density at radius 3 is 0.875 bits per heavy atom. The first-order chi connectivity index (χ1) is 5.89. The molecule has 0 heterocycles. The Morgan fingerprint density at radius 1 is 0.812 bits per heavy atom. The molecule has 0 fully saturated rings. The minimum Gasteiger partial charge on any atom is -0.547 e. The molecule has 16 heavy (non-hydrogen) atoms. The molecule has 0 aromatic rings. The van der Waals surface area contributed by atoms with Crippen LogP contribution >= 0.6 is 0 Å². The van der Waals surface area contributed by atoms with Crippen LogP contribution in [0.3, 0.4) is 0 Å². The van der Waals surface area contributed by atoms with Gasteiger partial charge in [-0.2, -0.15) is 0 Å². The Labute approximate surface area is 179 Å². The molecule has 0 saturated heterocycles. The predicted octanol–water partition coefficient (Wildman–Crippen LogP) is -11.3. The summed E-state index contributed by atoms with van der Waals surface area (Å²) in [4.78, 5) is 19.3. The van der Waals surface area contributed by atoms with Crippen LogP contribution in [0, 0.1) is 0 Å². The van der Waals surface area contributed by atoms with Gasteiger partial charge in [-0.1, -0.05) is 0 Å². The zero-order valence-corrected chi connectivity index (χ0v) is 16.2. The van der Waals surface area contributed by atoms with Crippen molar-refractivity contribution in [1.29, 1.82) is 0 Å². The fraction of sp³-hybridized carbons (Fsp3) is 0.667. The molecule has 0 aliphatic heterocycles.